The van der Waals surface area contributed by atoms with Crippen molar-refractivity contribution >= 4 is 10.2 Å². The molecule has 1 aromatic rings. The molecular weight excluding hydrogens is 264 g/mol. The number of ether oxygens (including phenoxy) is 1. The lowest BCUT2D eigenvalue weighted by Gasteiger charge is -2.19. The van der Waals surface area contributed by atoms with Crippen LogP contribution in [-0.4, -0.2) is 38.5 Å². The van der Waals surface area contributed by atoms with Gasteiger partial charge in [0.15, 0.2) is 0 Å². The molecule has 0 aliphatic carbocycles. The van der Waals surface area contributed by atoms with Crippen molar-refractivity contribution in [2.24, 2.45) is 0 Å². The zero-order valence-electron chi connectivity index (χ0n) is 11.1. The van der Waals surface area contributed by atoms with Crippen molar-refractivity contribution in [2.75, 3.05) is 19.6 Å². The molecule has 19 heavy (non-hydrogen) atoms. The molecule has 1 aliphatic heterocycles. The second kappa shape index (κ2) is 6.36. The molecule has 6 heteroatoms. The number of hydrogen-bond donors (Lipinski definition) is 1. The number of hydrogen-bond acceptors (Lipinski definition) is 3. The van der Waals surface area contributed by atoms with Gasteiger partial charge in [-0.1, -0.05) is 18.2 Å². The minimum absolute atomic E-state index is 0.209. The van der Waals surface area contributed by atoms with E-state index in [-0.39, 0.29) is 12.6 Å². The highest BCUT2D eigenvalue weighted by molar-refractivity contribution is 7.87. The predicted octanol–water partition coefficient (Wildman–Crippen LogP) is 1.38. The highest BCUT2D eigenvalue weighted by Gasteiger charge is 2.25. The molecule has 0 bridgehead atoms. The summed E-state index contributed by atoms with van der Waals surface area (Å²) in [6, 6.07) is 9.39. The van der Waals surface area contributed by atoms with Gasteiger partial charge in [0.1, 0.15) is 11.9 Å². The van der Waals surface area contributed by atoms with Gasteiger partial charge in [0.25, 0.3) is 10.2 Å². The van der Waals surface area contributed by atoms with Crippen LogP contribution in [0.2, 0.25) is 0 Å². The van der Waals surface area contributed by atoms with E-state index in [1.165, 1.54) is 4.31 Å². The summed E-state index contributed by atoms with van der Waals surface area (Å²) in [6.45, 7) is 3.35. The maximum atomic E-state index is 11.9. The lowest BCUT2D eigenvalue weighted by Crippen LogP contribution is -2.42. The van der Waals surface area contributed by atoms with Crippen LogP contribution in [-0.2, 0) is 10.2 Å². The molecule has 0 amide bonds. The molecule has 0 radical (unpaired) electrons. The Hall–Kier alpha value is -1.11. The van der Waals surface area contributed by atoms with Crippen LogP contribution in [0.1, 0.15) is 19.8 Å². The molecular formula is C13H20N2O3S. The van der Waals surface area contributed by atoms with Gasteiger partial charge in [0.2, 0.25) is 0 Å². The molecule has 0 aromatic heterocycles. The molecule has 1 aromatic carbocycles. The Labute approximate surface area is 114 Å². The van der Waals surface area contributed by atoms with E-state index in [0.717, 1.165) is 18.6 Å². The van der Waals surface area contributed by atoms with Crippen LogP contribution in [0.3, 0.4) is 0 Å². The Morgan fingerprint density at radius 3 is 2.53 bits per heavy atom. The summed E-state index contributed by atoms with van der Waals surface area (Å²) in [6.07, 6.45) is 1.67. The van der Waals surface area contributed by atoms with Crippen LogP contribution in [0.4, 0.5) is 0 Å². The van der Waals surface area contributed by atoms with E-state index in [9.17, 15) is 8.42 Å². The third-order valence-electron chi connectivity index (χ3n) is 3.04. The summed E-state index contributed by atoms with van der Waals surface area (Å²) >= 11 is 0. The fraction of sp³-hybridized carbons (Fsp3) is 0.538. The van der Waals surface area contributed by atoms with E-state index < -0.39 is 10.2 Å². The lowest BCUT2D eigenvalue weighted by atomic mass is 10.3. The van der Waals surface area contributed by atoms with Gasteiger partial charge in [-0.25, -0.2) is 0 Å². The highest BCUT2D eigenvalue weighted by Crippen LogP contribution is 2.12. The second-order valence-electron chi connectivity index (χ2n) is 4.70. The normalized spacial score (nSPS) is 18.4. The van der Waals surface area contributed by atoms with Crippen molar-refractivity contribution in [1.82, 2.24) is 9.03 Å². The average molecular weight is 284 g/mol. The fourth-order valence-electron chi connectivity index (χ4n) is 2.02. The first-order valence-corrected chi connectivity index (χ1v) is 7.98. The minimum Gasteiger partial charge on any atom is -0.489 e. The number of nitrogens with one attached hydrogen (secondary N) is 1. The van der Waals surface area contributed by atoms with E-state index >= 15 is 0 Å². The molecule has 1 fully saturated rings. The largest absolute Gasteiger partial charge is 0.489 e. The molecule has 106 valence electrons. The Morgan fingerprint density at radius 2 is 1.89 bits per heavy atom. The number of para-hydroxylation sites is 1. The van der Waals surface area contributed by atoms with E-state index in [2.05, 4.69) is 4.72 Å². The molecule has 1 atom stereocenters. The summed E-state index contributed by atoms with van der Waals surface area (Å²) in [4.78, 5) is 0. The zero-order valence-corrected chi connectivity index (χ0v) is 11.9. The molecule has 0 saturated carbocycles. The standard InChI is InChI=1S/C13H20N2O3S/c1-12(18-13-7-3-2-4-8-13)11-14-19(16,17)15-9-5-6-10-15/h2-4,7-8,12,14H,5-6,9-11H2,1H3. The smallest absolute Gasteiger partial charge is 0.279 e. The van der Waals surface area contributed by atoms with Crippen LogP contribution in [0.25, 0.3) is 0 Å². The van der Waals surface area contributed by atoms with Gasteiger partial charge >= 0.3 is 0 Å². The molecule has 1 aliphatic rings. The second-order valence-corrected chi connectivity index (χ2v) is 6.46. The van der Waals surface area contributed by atoms with Crippen LogP contribution >= 0.6 is 0 Å². The maximum Gasteiger partial charge on any atom is 0.279 e. The first-order valence-electron chi connectivity index (χ1n) is 6.54. The van der Waals surface area contributed by atoms with Crippen molar-refractivity contribution < 1.29 is 13.2 Å². The van der Waals surface area contributed by atoms with Crippen LogP contribution in [0.15, 0.2) is 30.3 Å². The summed E-state index contributed by atoms with van der Waals surface area (Å²) < 4.78 is 33.6. The number of benzene rings is 1. The highest BCUT2D eigenvalue weighted by atomic mass is 32.2. The number of rotatable bonds is 6. The molecule has 1 heterocycles. The summed E-state index contributed by atoms with van der Waals surface area (Å²) in [7, 11) is -3.34. The first kappa shape index (κ1) is 14.3. The van der Waals surface area contributed by atoms with Gasteiger partial charge in [-0.2, -0.15) is 17.4 Å². The Bertz CT molecular complexity index is 484. The summed E-state index contributed by atoms with van der Waals surface area (Å²) in [5.74, 6) is 0.746. The van der Waals surface area contributed by atoms with Crippen LogP contribution < -0.4 is 9.46 Å². The quantitative estimate of drug-likeness (QED) is 0.858. The Kier molecular flexibility index (Phi) is 4.79. The van der Waals surface area contributed by atoms with Gasteiger partial charge in [-0.05, 0) is 31.9 Å². The SMILES string of the molecule is CC(CNS(=O)(=O)N1CCCC1)Oc1ccccc1. The van der Waals surface area contributed by atoms with Crippen LogP contribution in [0, 0.1) is 0 Å². The van der Waals surface area contributed by atoms with Crippen LogP contribution in [0.5, 0.6) is 5.75 Å². The summed E-state index contributed by atoms with van der Waals surface area (Å²) in [5.41, 5.74) is 0. The third-order valence-corrected chi connectivity index (χ3v) is 4.62. The van der Waals surface area contributed by atoms with E-state index in [1.54, 1.807) is 0 Å². The average Bonchev–Trinajstić information content (AvgIpc) is 2.92. The van der Waals surface area contributed by atoms with Crippen molar-refractivity contribution in [1.29, 1.82) is 0 Å². The van der Waals surface area contributed by atoms with Crippen molar-refractivity contribution in [2.45, 2.75) is 25.9 Å². The van der Waals surface area contributed by atoms with Gasteiger partial charge in [-0.15, -0.1) is 0 Å². The van der Waals surface area contributed by atoms with E-state index in [4.69, 9.17) is 4.74 Å². The Balaban J connectivity index is 1.81. The molecule has 1 N–H and O–H groups in total. The molecule has 1 unspecified atom stereocenters. The predicted molar refractivity (Wildman–Crippen MR) is 74.3 cm³/mol. The fourth-order valence-corrected chi connectivity index (χ4v) is 3.38. The molecule has 5 nitrogen and oxygen atoms in total. The molecule has 0 spiro atoms. The van der Waals surface area contributed by atoms with Gasteiger partial charge in [0, 0.05) is 19.6 Å². The van der Waals surface area contributed by atoms with E-state index in [0.29, 0.717) is 13.1 Å². The Morgan fingerprint density at radius 1 is 1.26 bits per heavy atom. The lowest BCUT2D eigenvalue weighted by molar-refractivity contribution is 0.224. The minimum atomic E-state index is -3.34. The molecule has 1 saturated heterocycles. The maximum absolute atomic E-state index is 11.9. The van der Waals surface area contributed by atoms with Crippen molar-refractivity contribution in [3.8, 4) is 5.75 Å². The third kappa shape index (κ3) is 4.19. The van der Waals surface area contributed by atoms with Gasteiger partial charge in [-0.3, -0.25) is 0 Å². The van der Waals surface area contributed by atoms with E-state index in [1.807, 2.05) is 37.3 Å². The monoisotopic (exact) mass is 284 g/mol. The van der Waals surface area contributed by atoms with Crippen molar-refractivity contribution in [3.05, 3.63) is 30.3 Å². The first-order chi connectivity index (χ1) is 9.08. The topological polar surface area (TPSA) is 58.6 Å². The zero-order chi connectivity index (χ0) is 13.7. The van der Waals surface area contributed by atoms with Crippen molar-refractivity contribution in [3.63, 3.8) is 0 Å². The molecule has 2 rings (SSSR count). The van der Waals surface area contributed by atoms with Gasteiger partial charge in [0.05, 0.1) is 0 Å². The van der Waals surface area contributed by atoms with Gasteiger partial charge < -0.3 is 4.74 Å². The summed E-state index contributed by atoms with van der Waals surface area (Å²) in [5, 5.41) is 0. The number of nitrogens with zero attached hydrogens (tertiary/aromatic N) is 1.